The lowest BCUT2D eigenvalue weighted by Gasteiger charge is -2.12. The van der Waals surface area contributed by atoms with E-state index in [9.17, 15) is 9.59 Å². The van der Waals surface area contributed by atoms with Gasteiger partial charge in [-0.1, -0.05) is 6.08 Å². The molecular weight excluding hydrogens is 228 g/mol. The second kappa shape index (κ2) is 5.04. The van der Waals surface area contributed by atoms with Crippen LogP contribution < -0.4 is 10.6 Å². The molecule has 2 rings (SSSR count). The van der Waals surface area contributed by atoms with E-state index >= 15 is 0 Å². The summed E-state index contributed by atoms with van der Waals surface area (Å²) >= 11 is 0. The van der Waals surface area contributed by atoms with Gasteiger partial charge in [0.25, 0.3) is 5.91 Å². The Morgan fingerprint density at radius 2 is 2.39 bits per heavy atom. The van der Waals surface area contributed by atoms with E-state index in [-0.39, 0.29) is 17.9 Å². The molecule has 0 bridgehead atoms. The predicted molar refractivity (Wildman–Crippen MR) is 70.5 cm³/mol. The molecule has 1 aliphatic heterocycles. The van der Waals surface area contributed by atoms with Crippen molar-refractivity contribution in [2.45, 2.75) is 25.8 Å². The first-order chi connectivity index (χ1) is 8.60. The van der Waals surface area contributed by atoms with Gasteiger partial charge in [-0.3, -0.25) is 9.59 Å². The molecule has 0 aliphatic carbocycles. The van der Waals surface area contributed by atoms with Gasteiger partial charge in [-0.05, 0) is 37.1 Å². The van der Waals surface area contributed by atoms with E-state index in [4.69, 9.17) is 0 Å². The second-order valence-corrected chi connectivity index (χ2v) is 4.50. The number of fused-ring (bicyclic) bond motifs is 1. The van der Waals surface area contributed by atoms with E-state index in [0.29, 0.717) is 12.0 Å². The zero-order valence-electron chi connectivity index (χ0n) is 10.3. The van der Waals surface area contributed by atoms with E-state index in [1.807, 2.05) is 6.92 Å². The fourth-order valence-electron chi connectivity index (χ4n) is 1.99. The van der Waals surface area contributed by atoms with Gasteiger partial charge in [-0.15, -0.1) is 6.58 Å². The van der Waals surface area contributed by atoms with Crippen LogP contribution in [-0.2, 0) is 11.2 Å². The van der Waals surface area contributed by atoms with Gasteiger partial charge in [-0.25, -0.2) is 0 Å². The van der Waals surface area contributed by atoms with E-state index in [0.717, 1.165) is 17.7 Å². The number of carbonyl (C=O) groups is 2. The number of carbonyl (C=O) groups excluding carboxylic acids is 2. The molecule has 4 nitrogen and oxygen atoms in total. The highest BCUT2D eigenvalue weighted by Crippen LogP contribution is 2.23. The number of nitrogens with one attached hydrogen (secondary N) is 2. The summed E-state index contributed by atoms with van der Waals surface area (Å²) in [6.45, 7) is 5.57. The summed E-state index contributed by atoms with van der Waals surface area (Å²) in [4.78, 5) is 23.2. The van der Waals surface area contributed by atoms with Gasteiger partial charge in [0.1, 0.15) is 0 Å². The first-order valence-electron chi connectivity index (χ1n) is 5.94. The standard InChI is InChI=1S/C14H16N2O2/c1-3-4-9(2)15-14(18)10-5-6-12-11(7-10)8-13(17)16-12/h3,5-7,9H,1,4,8H2,2H3,(H,15,18)(H,16,17). The van der Waals surface area contributed by atoms with Gasteiger partial charge in [0.05, 0.1) is 6.42 Å². The summed E-state index contributed by atoms with van der Waals surface area (Å²) < 4.78 is 0. The first kappa shape index (κ1) is 12.4. The molecule has 1 heterocycles. The number of rotatable bonds is 4. The van der Waals surface area contributed by atoms with Crippen LogP contribution in [-0.4, -0.2) is 17.9 Å². The molecule has 0 saturated carbocycles. The van der Waals surface area contributed by atoms with Gasteiger partial charge in [0, 0.05) is 17.3 Å². The van der Waals surface area contributed by atoms with E-state index in [2.05, 4.69) is 17.2 Å². The molecule has 2 amide bonds. The zero-order valence-corrected chi connectivity index (χ0v) is 10.3. The van der Waals surface area contributed by atoms with Crippen LogP contribution in [0.2, 0.25) is 0 Å². The molecule has 2 N–H and O–H groups in total. The van der Waals surface area contributed by atoms with Gasteiger partial charge in [-0.2, -0.15) is 0 Å². The number of anilines is 1. The van der Waals surface area contributed by atoms with Crippen LogP contribution in [0.15, 0.2) is 30.9 Å². The second-order valence-electron chi connectivity index (χ2n) is 4.50. The Labute approximate surface area is 106 Å². The third-order valence-corrected chi connectivity index (χ3v) is 2.89. The molecule has 1 aliphatic rings. The Hall–Kier alpha value is -2.10. The summed E-state index contributed by atoms with van der Waals surface area (Å²) in [6, 6.07) is 5.32. The monoisotopic (exact) mass is 244 g/mol. The smallest absolute Gasteiger partial charge is 0.251 e. The fourth-order valence-corrected chi connectivity index (χ4v) is 1.99. The quantitative estimate of drug-likeness (QED) is 0.794. The van der Waals surface area contributed by atoms with Gasteiger partial charge in [0.15, 0.2) is 0 Å². The summed E-state index contributed by atoms with van der Waals surface area (Å²) in [5.41, 5.74) is 2.26. The van der Waals surface area contributed by atoms with Crippen molar-refractivity contribution in [3.05, 3.63) is 42.0 Å². The lowest BCUT2D eigenvalue weighted by atomic mass is 10.1. The summed E-state index contributed by atoms with van der Waals surface area (Å²) in [5, 5.41) is 5.62. The fraction of sp³-hybridized carbons (Fsp3) is 0.286. The molecule has 0 aromatic heterocycles. The maximum atomic E-state index is 12.0. The van der Waals surface area contributed by atoms with Crippen LogP contribution in [0.1, 0.15) is 29.3 Å². The molecular formula is C14H16N2O2. The Kier molecular flexibility index (Phi) is 3.46. The minimum absolute atomic E-state index is 0.0254. The van der Waals surface area contributed by atoms with Crippen molar-refractivity contribution in [2.24, 2.45) is 0 Å². The molecule has 4 heteroatoms. The summed E-state index contributed by atoms with van der Waals surface area (Å²) in [7, 11) is 0. The van der Waals surface area contributed by atoms with Crippen LogP contribution >= 0.6 is 0 Å². The van der Waals surface area contributed by atoms with Crippen molar-refractivity contribution in [1.29, 1.82) is 0 Å². The van der Waals surface area contributed by atoms with Crippen LogP contribution in [0.4, 0.5) is 5.69 Å². The number of hydrogen-bond acceptors (Lipinski definition) is 2. The Morgan fingerprint density at radius 1 is 1.61 bits per heavy atom. The summed E-state index contributed by atoms with van der Waals surface area (Å²) in [5.74, 6) is -0.144. The maximum absolute atomic E-state index is 12.0. The third-order valence-electron chi connectivity index (χ3n) is 2.89. The van der Waals surface area contributed by atoms with E-state index in [1.165, 1.54) is 0 Å². The maximum Gasteiger partial charge on any atom is 0.251 e. The van der Waals surface area contributed by atoms with Gasteiger partial charge < -0.3 is 10.6 Å². The summed E-state index contributed by atoms with van der Waals surface area (Å²) in [6.07, 6.45) is 2.85. The van der Waals surface area contributed by atoms with E-state index in [1.54, 1.807) is 24.3 Å². The van der Waals surface area contributed by atoms with Crippen molar-refractivity contribution in [1.82, 2.24) is 5.32 Å². The molecule has 0 fully saturated rings. The Balaban J connectivity index is 2.10. The molecule has 1 unspecified atom stereocenters. The zero-order chi connectivity index (χ0) is 13.1. The molecule has 0 saturated heterocycles. The minimum atomic E-state index is -0.119. The van der Waals surface area contributed by atoms with Gasteiger partial charge >= 0.3 is 0 Å². The Bertz CT molecular complexity index is 509. The highest BCUT2D eigenvalue weighted by molar-refractivity contribution is 6.01. The lowest BCUT2D eigenvalue weighted by molar-refractivity contribution is -0.115. The number of amides is 2. The molecule has 0 radical (unpaired) electrons. The average Bonchev–Trinajstić information content (AvgIpc) is 2.68. The molecule has 1 atom stereocenters. The SMILES string of the molecule is C=CCC(C)NC(=O)c1ccc2c(c1)CC(=O)N2. The lowest BCUT2D eigenvalue weighted by Crippen LogP contribution is -2.32. The van der Waals surface area contributed by atoms with Crippen LogP contribution in [0.3, 0.4) is 0 Å². The molecule has 1 aromatic rings. The minimum Gasteiger partial charge on any atom is -0.349 e. The molecule has 18 heavy (non-hydrogen) atoms. The van der Waals surface area contributed by atoms with Crippen molar-refractivity contribution in [3.8, 4) is 0 Å². The average molecular weight is 244 g/mol. The van der Waals surface area contributed by atoms with Crippen molar-refractivity contribution in [2.75, 3.05) is 5.32 Å². The molecule has 94 valence electrons. The van der Waals surface area contributed by atoms with Crippen LogP contribution in [0, 0.1) is 0 Å². The Morgan fingerprint density at radius 3 is 3.11 bits per heavy atom. The topological polar surface area (TPSA) is 58.2 Å². The van der Waals surface area contributed by atoms with Crippen molar-refractivity contribution < 1.29 is 9.59 Å². The third kappa shape index (κ3) is 2.59. The van der Waals surface area contributed by atoms with Gasteiger partial charge in [0.2, 0.25) is 5.91 Å². The van der Waals surface area contributed by atoms with Crippen molar-refractivity contribution >= 4 is 17.5 Å². The largest absolute Gasteiger partial charge is 0.349 e. The number of hydrogen-bond donors (Lipinski definition) is 2. The normalized spacial score (nSPS) is 14.6. The predicted octanol–water partition coefficient (Wildman–Crippen LogP) is 1.88. The van der Waals surface area contributed by atoms with E-state index < -0.39 is 0 Å². The highest BCUT2D eigenvalue weighted by atomic mass is 16.2. The molecule has 0 spiro atoms. The highest BCUT2D eigenvalue weighted by Gasteiger charge is 2.19. The van der Waals surface area contributed by atoms with Crippen LogP contribution in [0.5, 0.6) is 0 Å². The molecule has 1 aromatic carbocycles. The number of benzene rings is 1. The van der Waals surface area contributed by atoms with Crippen LogP contribution in [0.25, 0.3) is 0 Å². The van der Waals surface area contributed by atoms with Crippen molar-refractivity contribution in [3.63, 3.8) is 0 Å². The first-order valence-corrected chi connectivity index (χ1v) is 5.94.